The Morgan fingerprint density at radius 1 is 1.16 bits per heavy atom. The molecule has 4 rings (SSSR count). The lowest BCUT2D eigenvalue weighted by Crippen LogP contribution is -2.34. The van der Waals surface area contributed by atoms with E-state index in [1.807, 2.05) is 6.07 Å². The molecule has 0 aliphatic carbocycles. The molecule has 0 unspecified atom stereocenters. The number of aromatic amines is 1. The second-order valence-corrected chi connectivity index (χ2v) is 7.37. The number of imidazole rings is 1. The Kier molecular flexibility index (Phi) is 4.63. The highest BCUT2D eigenvalue weighted by Crippen LogP contribution is 2.30. The maximum Gasteiger partial charge on any atom is 0.178 e. The van der Waals surface area contributed by atoms with Crippen molar-refractivity contribution in [2.75, 3.05) is 13.1 Å². The quantitative estimate of drug-likeness (QED) is 0.625. The Labute approximate surface area is 156 Å². The number of nitrogens with one attached hydrogen (secondary N) is 1. The summed E-state index contributed by atoms with van der Waals surface area (Å²) in [5, 5.41) is 0.136. The second-order valence-electron chi connectivity index (χ2n) is 6.58. The first-order valence-corrected chi connectivity index (χ1v) is 9.26. The van der Waals surface area contributed by atoms with Crippen molar-refractivity contribution in [3.8, 4) is 0 Å². The van der Waals surface area contributed by atoms with Gasteiger partial charge in [0.1, 0.15) is 5.82 Å². The third-order valence-corrected chi connectivity index (χ3v) is 5.52. The minimum absolute atomic E-state index is 0.136. The van der Waals surface area contributed by atoms with Gasteiger partial charge in [0.05, 0.1) is 16.1 Å². The molecule has 1 aliphatic heterocycles. The molecule has 2 heterocycles. The molecule has 1 N–H and O–H groups in total. The number of rotatable bonds is 3. The number of hydrogen-bond acceptors (Lipinski definition) is 2. The molecule has 1 aliphatic rings. The number of benzene rings is 2. The van der Waals surface area contributed by atoms with Crippen molar-refractivity contribution >= 4 is 34.9 Å². The number of likely N-dealkylation sites (tertiary alicyclic amines) is 1. The number of aromatic nitrogens is 2. The summed E-state index contributed by atoms with van der Waals surface area (Å²) in [6.45, 7) is 3.01. The van der Waals surface area contributed by atoms with Crippen molar-refractivity contribution in [1.82, 2.24) is 14.5 Å². The second kappa shape index (κ2) is 6.90. The molecule has 0 spiro atoms. The molecule has 3 nitrogen and oxygen atoms in total. The van der Waals surface area contributed by atoms with Crippen LogP contribution < -0.4 is 0 Å². The summed E-state index contributed by atoms with van der Waals surface area (Å²) in [4.78, 5) is 5.58. The molecule has 0 bridgehead atoms. The zero-order chi connectivity index (χ0) is 17.4. The number of H-pyrrole nitrogens is 1. The lowest BCUT2D eigenvalue weighted by Gasteiger charge is -2.33. The number of hydrogen-bond donors (Lipinski definition) is 1. The van der Waals surface area contributed by atoms with Gasteiger partial charge in [0.15, 0.2) is 4.77 Å². The molecule has 0 amide bonds. The van der Waals surface area contributed by atoms with Crippen LogP contribution in [0.3, 0.4) is 0 Å². The number of piperidine rings is 1. The fourth-order valence-corrected chi connectivity index (χ4v) is 4.18. The van der Waals surface area contributed by atoms with E-state index in [-0.39, 0.29) is 5.02 Å². The van der Waals surface area contributed by atoms with Gasteiger partial charge in [-0.2, -0.15) is 0 Å². The van der Waals surface area contributed by atoms with Crippen molar-refractivity contribution in [2.24, 2.45) is 0 Å². The van der Waals surface area contributed by atoms with Crippen LogP contribution in [0.25, 0.3) is 11.0 Å². The predicted octanol–water partition coefficient (Wildman–Crippen LogP) is 5.33. The first-order valence-electron chi connectivity index (χ1n) is 8.47. The third kappa shape index (κ3) is 3.36. The van der Waals surface area contributed by atoms with Crippen molar-refractivity contribution in [1.29, 1.82) is 0 Å². The van der Waals surface area contributed by atoms with E-state index >= 15 is 0 Å². The Hall–Kier alpha value is -1.69. The van der Waals surface area contributed by atoms with Crippen LogP contribution in [0, 0.1) is 10.6 Å². The van der Waals surface area contributed by atoms with Crippen molar-refractivity contribution in [2.45, 2.75) is 25.4 Å². The molecule has 0 atom stereocenters. The highest BCUT2D eigenvalue weighted by Gasteiger charge is 2.23. The van der Waals surface area contributed by atoms with Gasteiger partial charge < -0.3 is 9.55 Å². The molecular formula is C19H19ClFN3S. The lowest BCUT2D eigenvalue weighted by atomic mass is 10.0. The lowest BCUT2D eigenvalue weighted by molar-refractivity contribution is 0.181. The van der Waals surface area contributed by atoms with Gasteiger partial charge in [-0.1, -0.05) is 41.9 Å². The highest BCUT2D eigenvalue weighted by atomic mass is 35.5. The standard InChI is InChI=1S/C19H19ClFN3S/c20-15-10-18-17(11-16(15)21)22-19(25)24(18)14-6-8-23(9-7-14)12-13-4-2-1-3-5-13/h1-5,10-11,14H,6-9,12H2,(H,22,25). The van der Waals surface area contributed by atoms with Crippen LogP contribution in [0.5, 0.6) is 0 Å². The summed E-state index contributed by atoms with van der Waals surface area (Å²) < 4.78 is 16.4. The summed E-state index contributed by atoms with van der Waals surface area (Å²) in [5.41, 5.74) is 2.93. The highest BCUT2D eigenvalue weighted by molar-refractivity contribution is 7.71. The molecular weight excluding hydrogens is 357 g/mol. The minimum atomic E-state index is -0.421. The van der Waals surface area contributed by atoms with E-state index in [0.29, 0.717) is 16.3 Å². The van der Waals surface area contributed by atoms with E-state index in [1.165, 1.54) is 11.6 Å². The maximum absolute atomic E-state index is 13.7. The molecule has 0 radical (unpaired) electrons. The van der Waals surface area contributed by atoms with Gasteiger partial charge in [-0.05, 0) is 36.7 Å². The van der Waals surface area contributed by atoms with Crippen molar-refractivity contribution in [3.05, 3.63) is 63.6 Å². The Bertz CT molecular complexity index is 942. The molecule has 2 aromatic carbocycles. The van der Waals surface area contributed by atoms with E-state index < -0.39 is 5.82 Å². The zero-order valence-electron chi connectivity index (χ0n) is 13.7. The molecule has 1 fully saturated rings. The Morgan fingerprint density at radius 3 is 2.60 bits per heavy atom. The third-order valence-electron chi connectivity index (χ3n) is 4.93. The fraction of sp³-hybridized carbons (Fsp3) is 0.316. The first kappa shape index (κ1) is 16.8. The smallest absolute Gasteiger partial charge is 0.178 e. The first-order chi connectivity index (χ1) is 12.1. The molecule has 3 aromatic rings. The van der Waals surface area contributed by atoms with E-state index in [2.05, 4.69) is 38.7 Å². The topological polar surface area (TPSA) is 24.0 Å². The monoisotopic (exact) mass is 375 g/mol. The van der Waals surface area contributed by atoms with Gasteiger partial charge in [0.2, 0.25) is 0 Å². The van der Waals surface area contributed by atoms with Crippen LogP contribution in [-0.4, -0.2) is 27.5 Å². The Morgan fingerprint density at radius 2 is 1.88 bits per heavy atom. The van der Waals surface area contributed by atoms with E-state index in [4.69, 9.17) is 23.8 Å². The van der Waals surface area contributed by atoms with E-state index in [0.717, 1.165) is 38.0 Å². The molecule has 130 valence electrons. The van der Waals surface area contributed by atoms with Crippen LogP contribution >= 0.6 is 23.8 Å². The summed E-state index contributed by atoms with van der Waals surface area (Å²) in [5.74, 6) is -0.421. The zero-order valence-corrected chi connectivity index (χ0v) is 15.3. The van der Waals surface area contributed by atoms with Crippen molar-refractivity contribution in [3.63, 3.8) is 0 Å². The number of fused-ring (bicyclic) bond motifs is 1. The summed E-state index contributed by atoms with van der Waals surface area (Å²) in [6, 6.07) is 13.9. The van der Waals surface area contributed by atoms with Crippen LogP contribution in [-0.2, 0) is 6.54 Å². The van der Waals surface area contributed by atoms with Crippen LogP contribution in [0.2, 0.25) is 5.02 Å². The van der Waals surface area contributed by atoms with Gasteiger partial charge in [-0.25, -0.2) is 4.39 Å². The van der Waals surface area contributed by atoms with Crippen LogP contribution in [0.15, 0.2) is 42.5 Å². The normalized spacial score (nSPS) is 16.6. The molecule has 25 heavy (non-hydrogen) atoms. The molecule has 1 saturated heterocycles. The number of halogens is 2. The van der Waals surface area contributed by atoms with E-state index in [1.54, 1.807) is 6.07 Å². The van der Waals surface area contributed by atoms with Crippen LogP contribution in [0.4, 0.5) is 4.39 Å². The van der Waals surface area contributed by atoms with Crippen LogP contribution in [0.1, 0.15) is 24.4 Å². The fourth-order valence-electron chi connectivity index (χ4n) is 3.66. The SMILES string of the molecule is Fc1cc2[nH]c(=S)n(C3CCN(Cc4ccccc4)CC3)c2cc1Cl. The van der Waals surface area contributed by atoms with Crippen molar-refractivity contribution < 1.29 is 4.39 Å². The van der Waals surface area contributed by atoms with Gasteiger partial charge in [-0.3, -0.25) is 4.90 Å². The molecule has 1 aromatic heterocycles. The maximum atomic E-state index is 13.7. The van der Waals surface area contributed by atoms with Gasteiger partial charge in [0, 0.05) is 31.7 Å². The summed E-state index contributed by atoms with van der Waals surface area (Å²) in [6.07, 6.45) is 2.03. The van der Waals surface area contributed by atoms with E-state index in [9.17, 15) is 4.39 Å². The molecule has 6 heteroatoms. The average Bonchev–Trinajstić information content (AvgIpc) is 2.92. The summed E-state index contributed by atoms with van der Waals surface area (Å²) in [7, 11) is 0. The Balaban J connectivity index is 1.53. The average molecular weight is 376 g/mol. The largest absolute Gasteiger partial charge is 0.330 e. The number of nitrogens with zero attached hydrogens (tertiary/aromatic N) is 2. The van der Waals surface area contributed by atoms with Gasteiger partial charge >= 0.3 is 0 Å². The molecule has 0 saturated carbocycles. The predicted molar refractivity (Wildman–Crippen MR) is 102 cm³/mol. The van der Waals surface area contributed by atoms with Gasteiger partial charge in [-0.15, -0.1) is 0 Å². The summed E-state index contributed by atoms with van der Waals surface area (Å²) >= 11 is 11.5. The van der Waals surface area contributed by atoms with Gasteiger partial charge in [0.25, 0.3) is 0 Å². The minimum Gasteiger partial charge on any atom is -0.330 e.